The smallest absolute Gasteiger partial charge is 0.128 e. The maximum Gasteiger partial charge on any atom is 0.128 e. The van der Waals surface area contributed by atoms with Gasteiger partial charge in [-0.25, -0.2) is 4.98 Å². The normalized spacial score (nSPS) is 18.5. The van der Waals surface area contributed by atoms with Gasteiger partial charge in [-0.3, -0.25) is 4.90 Å². The van der Waals surface area contributed by atoms with E-state index in [-0.39, 0.29) is 0 Å². The van der Waals surface area contributed by atoms with Gasteiger partial charge in [0.05, 0.1) is 0 Å². The van der Waals surface area contributed by atoms with Crippen LogP contribution in [-0.2, 0) is 6.54 Å². The first-order valence-electron chi connectivity index (χ1n) is 8.12. The molecule has 1 unspecified atom stereocenters. The minimum absolute atomic E-state index is 0.732. The Hall–Kier alpha value is -1.87. The number of benzene rings is 1. The third-order valence-electron chi connectivity index (χ3n) is 4.42. The van der Waals surface area contributed by atoms with Gasteiger partial charge in [-0.05, 0) is 43.5 Å². The van der Waals surface area contributed by atoms with Crippen LogP contribution in [0.25, 0.3) is 0 Å². The zero-order valence-corrected chi connectivity index (χ0v) is 13.6. The summed E-state index contributed by atoms with van der Waals surface area (Å²) in [5.74, 6) is 1.82. The highest BCUT2D eigenvalue weighted by molar-refractivity contribution is 5.38. The minimum atomic E-state index is 0.732. The first-order valence-corrected chi connectivity index (χ1v) is 8.12. The Morgan fingerprint density at radius 2 is 1.95 bits per heavy atom. The van der Waals surface area contributed by atoms with Gasteiger partial charge in [-0.15, -0.1) is 0 Å². The Morgan fingerprint density at radius 1 is 1.14 bits per heavy atom. The zero-order chi connectivity index (χ0) is 15.4. The molecule has 1 aliphatic heterocycles. The summed E-state index contributed by atoms with van der Waals surface area (Å²) in [6, 6.07) is 17.0. The largest absolute Gasteiger partial charge is 0.359 e. The van der Waals surface area contributed by atoms with E-state index in [2.05, 4.69) is 77.3 Å². The third-order valence-corrected chi connectivity index (χ3v) is 4.42. The number of hydrogen-bond acceptors (Lipinski definition) is 3. The molecule has 0 N–H and O–H groups in total. The van der Waals surface area contributed by atoms with Gasteiger partial charge in [0.1, 0.15) is 5.82 Å². The molecular formula is C19H25N3. The lowest BCUT2D eigenvalue weighted by Gasteiger charge is -2.23. The molecule has 2 heterocycles. The molecule has 2 aromatic rings. The Kier molecular flexibility index (Phi) is 4.74. The van der Waals surface area contributed by atoms with Crippen LogP contribution in [0.15, 0.2) is 48.5 Å². The highest BCUT2D eigenvalue weighted by atomic mass is 15.2. The van der Waals surface area contributed by atoms with Gasteiger partial charge in [-0.1, -0.05) is 36.4 Å². The summed E-state index contributed by atoms with van der Waals surface area (Å²) >= 11 is 0. The third kappa shape index (κ3) is 3.86. The number of anilines is 1. The van der Waals surface area contributed by atoms with Crippen LogP contribution < -0.4 is 4.90 Å². The lowest BCUT2D eigenvalue weighted by molar-refractivity contribution is 0.317. The van der Waals surface area contributed by atoms with Crippen molar-refractivity contribution in [2.45, 2.75) is 19.9 Å². The molecule has 22 heavy (non-hydrogen) atoms. The summed E-state index contributed by atoms with van der Waals surface area (Å²) in [6.45, 7) is 6.60. The lowest BCUT2D eigenvalue weighted by atomic mass is 10.1. The predicted octanol–water partition coefficient (Wildman–Crippen LogP) is 3.35. The second-order valence-corrected chi connectivity index (χ2v) is 6.39. The standard InChI is InChI=1S/C19H25N3/c1-16-7-6-10-19(20-16)21(2)13-18-11-12-22(15-18)14-17-8-4-3-5-9-17/h3-10,18H,11-15H2,1-2H3. The maximum absolute atomic E-state index is 4.61. The minimum Gasteiger partial charge on any atom is -0.359 e. The Labute approximate surface area is 133 Å². The molecule has 1 atom stereocenters. The molecule has 0 radical (unpaired) electrons. The molecule has 1 aliphatic rings. The van der Waals surface area contributed by atoms with Crippen molar-refractivity contribution in [3.05, 3.63) is 59.8 Å². The van der Waals surface area contributed by atoms with Crippen LogP contribution >= 0.6 is 0 Å². The van der Waals surface area contributed by atoms with E-state index in [4.69, 9.17) is 0 Å². The molecule has 0 aliphatic carbocycles. The van der Waals surface area contributed by atoms with Crippen LogP contribution in [0.5, 0.6) is 0 Å². The van der Waals surface area contributed by atoms with Crippen molar-refractivity contribution in [2.24, 2.45) is 5.92 Å². The maximum atomic E-state index is 4.61. The van der Waals surface area contributed by atoms with Crippen LogP contribution in [0, 0.1) is 12.8 Å². The van der Waals surface area contributed by atoms with E-state index in [0.717, 1.165) is 30.5 Å². The van der Waals surface area contributed by atoms with E-state index >= 15 is 0 Å². The van der Waals surface area contributed by atoms with E-state index in [0.29, 0.717) is 0 Å². The van der Waals surface area contributed by atoms with Crippen LogP contribution in [-0.4, -0.2) is 36.6 Å². The molecule has 116 valence electrons. The van der Waals surface area contributed by atoms with E-state index in [1.807, 2.05) is 0 Å². The molecule has 0 amide bonds. The summed E-state index contributed by atoms with van der Waals surface area (Å²) in [7, 11) is 2.15. The molecule has 0 spiro atoms. The monoisotopic (exact) mass is 295 g/mol. The Morgan fingerprint density at radius 3 is 2.73 bits per heavy atom. The van der Waals surface area contributed by atoms with Crippen LogP contribution in [0.2, 0.25) is 0 Å². The SMILES string of the molecule is Cc1cccc(N(C)CC2CCN(Cc3ccccc3)C2)n1. The number of likely N-dealkylation sites (tertiary alicyclic amines) is 1. The first-order chi connectivity index (χ1) is 10.7. The van der Waals surface area contributed by atoms with Crippen LogP contribution in [0.4, 0.5) is 5.82 Å². The number of nitrogens with zero attached hydrogens (tertiary/aromatic N) is 3. The van der Waals surface area contributed by atoms with Gasteiger partial charge in [0.25, 0.3) is 0 Å². The Balaban J connectivity index is 1.52. The summed E-state index contributed by atoms with van der Waals surface area (Å²) in [5, 5.41) is 0. The van der Waals surface area contributed by atoms with E-state index < -0.39 is 0 Å². The molecule has 0 saturated carbocycles. The molecule has 1 aromatic heterocycles. The second-order valence-electron chi connectivity index (χ2n) is 6.39. The Bertz CT molecular complexity index is 597. The average Bonchev–Trinajstić information content (AvgIpc) is 2.95. The van der Waals surface area contributed by atoms with Crippen molar-refractivity contribution in [2.75, 3.05) is 31.6 Å². The summed E-state index contributed by atoms with van der Waals surface area (Å²) in [6.07, 6.45) is 1.28. The van der Waals surface area contributed by atoms with Crippen molar-refractivity contribution in [3.63, 3.8) is 0 Å². The van der Waals surface area contributed by atoms with E-state index in [1.165, 1.54) is 25.1 Å². The van der Waals surface area contributed by atoms with Crippen LogP contribution in [0.3, 0.4) is 0 Å². The predicted molar refractivity (Wildman–Crippen MR) is 92.1 cm³/mol. The van der Waals surface area contributed by atoms with Crippen molar-refractivity contribution < 1.29 is 0 Å². The highest BCUT2D eigenvalue weighted by Gasteiger charge is 2.23. The van der Waals surface area contributed by atoms with Gasteiger partial charge in [0.15, 0.2) is 0 Å². The van der Waals surface area contributed by atoms with Crippen molar-refractivity contribution in [1.82, 2.24) is 9.88 Å². The number of aromatic nitrogens is 1. The zero-order valence-electron chi connectivity index (χ0n) is 13.6. The number of rotatable bonds is 5. The number of hydrogen-bond donors (Lipinski definition) is 0. The molecule has 3 rings (SSSR count). The molecule has 1 aromatic carbocycles. The van der Waals surface area contributed by atoms with Gasteiger partial charge < -0.3 is 4.90 Å². The van der Waals surface area contributed by atoms with Gasteiger partial charge in [-0.2, -0.15) is 0 Å². The molecular weight excluding hydrogens is 270 g/mol. The fourth-order valence-corrected chi connectivity index (χ4v) is 3.27. The average molecular weight is 295 g/mol. The second kappa shape index (κ2) is 6.93. The number of aryl methyl sites for hydroxylation is 1. The fourth-order valence-electron chi connectivity index (χ4n) is 3.27. The summed E-state index contributed by atoms with van der Waals surface area (Å²) in [5.41, 5.74) is 2.50. The van der Waals surface area contributed by atoms with Gasteiger partial charge in [0.2, 0.25) is 0 Å². The summed E-state index contributed by atoms with van der Waals surface area (Å²) in [4.78, 5) is 9.48. The van der Waals surface area contributed by atoms with E-state index in [1.54, 1.807) is 0 Å². The molecule has 3 heteroatoms. The topological polar surface area (TPSA) is 19.4 Å². The van der Waals surface area contributed by atoms with Crippen molar-refractivity contribution in [3.8, 4) is 0 Å². The highest BCUT2D eigenvalue weighted by Crippen LogP contribution is 2.21. The van der Waals surface area contributed by atoms with E-state index in [9.17, 15) is 0 Å². The number of pyridine rings is 1. The molecule has 3 nitrogen and oxygen atoms in total. The van der Waals surface area contributed by atoms with Gasteiger partial charge in [0, 0.05) is 32.4 Å². The molecule has 1 saturated heterocycles. The molecule has 0 bridgehead atoms. The first kappa shape index (κ1) is 15.0. The quantitative estimate of drug-likeness (QED) is 0.843. The molecule has 1 fully saturated rings. The van der Waals surface area contributed by atoms with Crippen molar-refractivity contribution >= 4 is 5.82 Å². The summed E-state index contributed by atoms with van der Waals surface area (Å²) < 4.78 is 0. The lowest BCUT2D eigenvalue weighted by Crippen LogP contribution is -2.28. The fraction of sp³-hybridized carbons (Fsp3) is 0.421. The van der Waals surface area contributed by atoms with Crippen LogP contribution in [0.1, 0.15) is 17.7 Å². The van der Waals surface area contributed by atoms with Crippen molar-refractivity contribution in [1.29, 1.82) is 0 Å². The van der Waals surface area contributed by atoms with Gasteiger partial charge >= 0.3 is 0 Å².